The van der Waals surface area contributed by atoms with E-state index in [0.29, 0.717) is 31.6 Å². The fraction of sp³-hybridized carbons (Fsp3) is 0.321. The van der Waals surface area contributed by atoms with Gasteiger partial charge in [0.25, 0.3) is 0 Å². The predicted molar refractivity (Wildman–Crippen MR) is 127 cm³/mol. The molecule has 0 radical (unpaired) electrons. The Kier molecular flexibility index (Phi) is 6.79. The van der Waals surface area contributed by atoms with E-state index in [0.717, 1.165) is 17.2 Å². The molecule has 3 aromatic rings. The second kappa shape index (κ2) is 10.1. The molecular formula is C28H28F2N2O3. The van der Waals surface area contributed by atoms with Gasteiger partial charge in [-0.2, -0.15) is 0 Å². The van der Waals surface area contributed by atoms with Crippen molar-refractivity contribution in [2.45, 2.75) is 31.2 Å². The highest BCUT2D eigenvalue weighted by molar-refractivity contribution is 5.70. The highest BCUT2D eigenvalue weighted by Crippen LogP contribution is 2.39. The van der Waals surface area contributed by atoms with Gasteiger partial charge in [0.1, 0.15) is 24.5 Å². The Bertz CT molecular complexity index is 1160. The van der Waals surface area contributed by atoms with Crippen LogP contribution in [0.1, 0.15) is 22.6 Å². The first-order valence-corrected chi connectivity index (χ1v) is 11.9. The number of nitrogens with zero attached hydrogens (tertiary/aromatic N) is 2. The van der Waals surface area contributed by atoms with Gasteiger partial charge in [-0.25, -0.2) is 13.6 Å². The molecule has 3 aromatic carbocycles. The van der Waals surface area contributed by atoms with Crippen LogP contribution in [0.15, 0.2) is 78.9 Å². The van der Waals surface area contributed by atoms with Crippen LogP contribution >= 0.6 is 0 Å². The topological polar surface area (TPSA) is 53.0 Å². The van der Waals surface area contributed by atoms with Crippen molar-refractivity contribution in [1.82, 2.24) is 9.80 Å². The van der Waals surface area contributed by atoms with Crippen molar-refractivity contribution in [3.8, 4) is 0 Å². The number of ether oxygens (including phenoxy) is 1. The van der Waals surface area contributed by atoms with Crippen LogP contribution in [0.4, 0.5) is 13.6 Å². The number of carbonyl (C=O) groups is 1. The molecule has 0 aliphatic carbocycles. The largest absolute Gasteiger partial charge is 0.447 e. The molecule has 2 fully saturated rings. The van der Waals surface area contributed by atoms with E-state index >= 15 is 0 Å². The number of aliphatic hydroxyl groups excluding tert-OH is 1. The molecule has 5 nitrogen and oxygen atoms in total. The molecule has 1 N–H and O–H groups in total. The summed E-state index contributed by atoms with van der Waals surface area (Å²) in [6.45, 7) is 1.74. The van der Waals surface area contributed by atoms with E-state index in [1.807, 2.05) is 60.7 Å². The van der Waals surface area contributed by atoms with Gasteiger partial charge in [-0.15, -0.1) is 0 Å². The van der Waals surface area contributed by atoms with Crippen LogP contribution in [0.2, 0.25) is 0 Å². The van der Waals surface area contributed by atoms with Gasteiger partial charge < -0.3 is 9.84 Å². The van der Waals surface area contributed by atoms with Gasteiger partial charge in [-0.05, 0) is 29.2 Å². The fourth-order valence-electron chi connectivity index (χ4n) is 5.36. The number of benzene rings is 3. The van der Waals surface area contributed by atoms with Crippen molar-refractivity contribution < 1.29 is 23.4 Å². The minimum absolute atomic E-state index is 0.181. The third kappa shape index (κ3) is 5.06. The van der Waals surface area contributed by atoms with E-state index in [1.54, 1.807) is 0 Å². The predicted octanol–water partition coefficient (Wildman–Crippen LogP) is 4.56. The van der Waals surface area contributed by atoms with Crippen molar-refractivity contribution >= 4 is 6.09 Å². The van der Waals surface area contributed by atoms with Crippen molar-refractivity contribution in [1.29, 1.82) is 0 Å². The lowest BCUT2D eigenvalue weighted by Crippen LogP contribution is -2.48. The van der Waals surface area contributed by atoms with Gasteiger partial charge in [-0.3, -0.25) is 9.80 Å². The average Bonchev–Trinajstić information content (AvgIpc) is 3.43. The number of hydrogen-bond acceptors (Lipinski definition) is 4. The molecule has 0 aromatic heterocycles. The van der Waals surface area contributed by atoms with Crippen LogP contribution in [-0.2, 0) is 17.7 Å². The summed E-state index contributed by atoms with van der Waals surface area (Å²) >= 11 is 0. The summed E-state index contributed by atoms with van der Waals surface area (Å²) in [5.74, 6) is -2.17. The molecule has 2 unspecified atom stereocenters. The van der Waals surface area contributed by atoms with Gasteiger partial charge in [0.2, 0.25) is 0 Å². The van der Waals surface area contributed by atoms with E-state index in [4.69, 9.17) is 4.74 Å². The molecule has 2 saturated heterocycles. The molecule has 0 spiro atoms. The zero-order valence-electron chi connectivity index (χ0n) is 19.3. The maximum Gasteiger partial charge on any atom is 0.412 e. The minimum atomic E-state index is -1.17. The lowest BCUT2D eigenvalue weighted by Gasteiger charge is -2.33. The smallest absolute Gasteiger partial charge is 0.412 e. The minimum Gasteiger partial charge on any atom is -0.447 e. The number of aliphatic hydroxyl groups is 1. The summed E-state index contributed by atoms with van der Waals surface area (Å²) in [7, 11) is 0. The van der Waals surface area contributed by atoms with Gasteiger partial charge in [0.05, 0.1) is 6.04 Å². The third-order valence-electron chi connectivity index (χ3n) is 7.04. The molecule has 7 heteroatoms. The van der Waals surface area contributed by atoms with Gasteiger partial charge >= 0.3 is 6.09 Å². The maximum absolute atomic E-state index is 14.9. The number of likely N-dealkylation sites (tertiary alicyclic amines) is 1. The van der Waals surface area contributed by atoms with E-state index in [-0.39, 0.29) is 12.6 Å². The molecule has 4 atom stereocenters. The van der Waals surface area contributed by atoms with Crippen LogP contribution < -0.4 is 0 Å². The summed E-state index contributed by atoms with van der Waals surface area (Å²) in [5.41, 5.74) is 2.48. The Morgan fingerprint density at radius 3 is 2.31 bits per heavy atom. The summed E-state index contributed by atoms with van der Waals surface area (Å²) < 4.78 is 33.8. The Labute approximate surface area is 203 Å². The molecule has 0 bridgehead atoms. The van der Waals surface area contributed by atoms with E-state index < -0.39 is 35.8 Å². The summed E-state index contributed by atoms with van der Waals surface area (Å²) in [4.78, 5) is 16.3. The van der Waals surface area contributed by atoms with Crippen LogP contribution in [0.25, 0.3) is 0 Å². The SMILES string of the molecule is O=C1OC[C@H](Cc2ccccc2)N1C(O)C1CN(Cc2ccccc2)C[C@H]1c1ccc(F)cc1F. The number of rotatable bonds is 7. The molecule has 5 rings (SSSR count). The molecule has 182 valence electrons. The third-order valence-corrected chi connectivity index (χ3v) is 7.04. The summed E-state index contributed by atoms with van der Waals surface area (Å²) in [6, 6.07) is 22.9. The average molecular weight is 479 g/mol. The van der Waals surface area contributed by atoms with Crippen LogP contribution in [0.5, 0.6) is 0 Å². The molecule has 35 heavy (non-hydrogen) atoms. The Morgan fingerprint density at radius 1 is 0.943 bits per heavy atom. The quantitative estimate of drug-likeness (QED) is 0.541. The number of carbonyl (C=O) groups excluding carboxylic acids is 1. The number of amides is 1. The fourth-order valence-corrected chi connectivity index (χ4v) is 5.36. The lowest BCUT2D eigenvalue weighted by molar-refractivity contribution is -0.0254. The van der Waals surface area contributed by atoms with Crippen molar-refractivity contribution in [2.24, 2.45) is 5.92 Å². The highest BCUT2D eigenvalue weighted by atomic mass is 19.1. The number of cyclic esters (lactones) is 1. The molecule has 2 heterocycles. The van der Waals surface area contributed by atoms with Gasteiger partial charge in [-0.1, -0.05) is 66.7 Å². The van der Waals surface area contributed by atoms with Crippen molar-refractivity contribution in [2.75, 3.05) is 19.7 Å². The first-order chi connectivity index (χ1) is 17.0. The standard InChI is InChI=1S/C28H28F2N2O3/c29-21-11-12-23(26(30)14-21)24-16-31(15-20-9-5-2-6-10-20)17-25(24)27(33)32-22(18-35-28(32)34)13-19-7-3-1-4-8-19/h1-12,14,22,24-25,27,33H,13,15-18H2/t22-,24-,25?,27?/m0/s1. The van der Waals surface area contributed by atoms with Crippen molar-refractivity contribution in [3.63, 3.8) is 0 Å². The summed E-state index contributed by atoms with van der Waals surface area (Å²) in [6.07, 6.45) is -1.20. The lowest BCUT2D eigenvalue weighted by atomic mass is 9.86. The number of hydrogen-bond donors (Lipinski definition) is 1. The summed E-state index contributed by atoms with van der Waals surface area (Å²) in [5, 5.41) is 11.5. The monoisotopic (exact) mass is 478 g/mol. The zero-order valence-corrected chi connectivity index (χ0v) is 19.3. The molecule has 2 aliphatic rings. The zero-order chi connectivity index (χ0) is 24.4. The second-order valence-electron chi connectivity index (χ2n) is 9.36. The molecule has 1 amide bonds. The Hall–Kier alpha value is -3.29. The van der Waals surface area contributed by atoms with E-state index in [1.165, 1.54) is 17.0 Å². The highest BCUT2D eigenvalue weighted by Gasteiger charge is 2.47. The van der Waals surface area contributed by atoms with Gasteiger partial charge in [0.15, 0.2) is 0 Å². The second-order valence-corrected chi connectivity index (χ2v) is 9.36. The first kappa shape index (κ1) is 23.5. The van der Waals surface area contributed by atoms with Crippen LogP contribution in [0.3, 0.4) is 0 Å². The van der Waals surface area contributed by atoms with Crippen LogP contribution in [0, 0.1) is 17.6 Å². The first-order valence-electron chi connectivity index (χ1n) is 11.9. The van der Waals surface area contributed by atoms with Crippen molar-refractivity contribution in [3.05, 3.63) is 107 Å². The van der Waals surface area contributed by atoms with E-state index in [9.17, 15) is 18.7 Å². The molecular weight excluding hydrogens is 450 g/mol. The normalized spacial score (nSPS) is 23.5. The molecule has 0 saturated carbocycles. The maximum atomic E-state index is 14.9. The van der Waals surface area contributed by atoms with Crippen LogP contribution in [-0.4, -0.2) is 53.0 Å². The Balaban J connectivity index is 1.42. The number of halogens is 2. The van der Waals surface area contributed by atoms with Gasteiger partial charge in [0, 0.05) is 37.5 Å². The Morgan fingerprint density at radius 2 is 1.63 bits per heavy atom. The molecule has 2 aliphatic heterocycles. The van der Waals surface area contributed by atoms with E-state index in [2.05, 4.69) is 4.90 Å².